The van der Waals surface area contributed by atoms with Crippen molar-refractivity contribution in [3.05, 3.63) is 29.3 Å². The molecule has 2 rings (SSSR count). The van der Waals surface area contributed by atoms with Crippen molar-refractivity contribution in [1.82, 2.24) is 4.31 Å². The monoisotopic (exact) mass is 354 g/mol. The van der Waals surface area contributed by atoms with Gasteiger partial charge in [-0.25, -0.2) is 17.2 Å². The molecule has 0 aliphatic carbocycles. The second kappa shape index (κ2) is 7.21. The van der Waals surface area contributed by atoms with Crippen LogP contribution in [0, 0.1) is 18.6 Å². The van der Waals surface area contributed by atoms with Crippen LogP contribution in [0.4, 0.5) is 8.78 Å². The normalized spacial score (nSPS) is 21.2. The van der Waals surface area contributed by atoms with Crippen LogP contribution in [0.3, 0.4) is 0 Å². The summed E-state index contributed by atoms with van der Waals surface area (Å²) in [5.74, 6) is -1.82. The van der Waals surface area contributed by atoms with E-state index in [1.54, 1.807) is 6.92 Å². The number of nitrogens with two attached hydrogens (primary N) is 1. The third-order valence-corrected chi connectivity index (χ3v) is 5.84. The Balaban J connectivity index is 0.00000242. The van der Waals surface area contributed by atoms with Gasteiger partial charge in [-0.05, 0) is 38.3 Å². The average Bonchev–Trinajstić information content (AvgIpc) is 2.42. The van der Waals surface area contributed by atoms with E-state index in [0.717, 1.165) is 12.5 Å². The predicted molar refractivity (Wildman–Crippen MR) is 83.5 cm³/mol. The number of rotatable bonds is 3. The molecule has 1 aliphatic rings. The van der Waals surface area contributed by atoms with Crippen LogP contribution >= 0.6 is 12.4 Å². The molecular formula is C14H21ClF2N2O2S. The highest BCUT2D eigenvalue weighted by Crippen LogP contribution is 2.29. The lowest BCUT2D eigenvalue weighted by molar-refractivity contribution is 0.226. The number of nitrogens with zero attached hydrogens (tertiary/aromatic N) is 1. The minimum absolute atomic E-state index is 0. The van der Waals surface area contributed by atoms with Gasteiger partial charge in [-0.2, -0.15) is 4.31 Å². The maximum absolute atomic E-state index is 13.9. The minimum atomic E-state index is -4.01. The van der Waals surface area contributed by atoms with Crippen LogP contribution < -0.4 is 5.73 Å². The highest BCUT2D eigenvalue weighted by Gasteiger charge is 2.37. The summed E-state index contributed by atoms with van der Waals surface area (Å²) in [5.41, 5.74) is 5.97. The van der Waals surface area contributed by atoms with E-state index in [1.807, 2.05) is 0 Å². The minimum Gasteiger partial charge on any atom is -0.326 e. The van der Waals surface area contributed by atoms with Crippen molar-refractivity contribution in [2.24, 2.45) is 5.73 Å². The molecule has 0 aromatic heterocycles. The molecule has 1 aromatic rings. The Labute approximate surface area is 136 Å². The van der Waals surface area contributed by atoms with E-state index in [0.29, 0.717) is 25.5 Å². The van der Waals surface area contributed by atoms with Gasteiger partial charge in [-0.1, -0.05) is 6.42 Å². The molecule has 1 saturated heterocycles. The van der Waals surface area contributed by atoms with E-state index in [1.165, 1.54) is 11.2 Å². The van der Waals surface area contributed by atoms with Crippen molar-refractivity contribution < 1.29 is 17.2 Å². The summed E-state index contributed by atoms with van der Waals surface area (Å²) >= 11 is 0. The van der Waals surface area contributed by atoms with Crippen molar-refractivity contribution in [3.8, 4) is 0 Å². The maximum atomic E-state index is 13.9. The third kappa shape index (κ3) is 3.59. The predicted octanol–water partition coefficient (Wildman–Crippen LogP) is 2.59. The van der Waals surface area contributed by atoms with Gasteiger partial charge in [0, 0.05) is 24.7 Å². The highest BCUT2D eigenvalue weighted by molar-refractivity contribution is 7.89. The molecule has 0 radical (unpaired) electrons. The lowest BCUT2D eigenvalue weighted by atomic mass is 10.00. The quantitative estimate of drug-likeness (QED) is 0.907. The van der Waals surface area contributed by atoms with E-state index in [4.69, 9.17) is 5.73 Å². The number of aryl methyl sites for hydroxylation is 1. The van der Waals surface area contributed by atoms with Gasteiger partial charge >= 0.3 is 0 Å². The molecule has 2 atom stereocenters. The molecule has 1 aliphatic heterocycles. The average molecular weight is 355 g/mol. The Morgan fingerprint density at radius 1 is 1.27 bits per heavy atom. The fraction of sp³-hybridized carbons (Fsp3) is 0.571. The van der Waals surface area contributed by atoms with Crippen molar-refractivity contribution in [2.45, 2.75) is 50.1 Å². The Morgan fingerprint density at radius 3 is 2.50 bits per heavy atom. The van der Waals surface area contributed by atoms with Gasteiger partial charge in [0.25, 0.3) is 0 Å². The summed E-state index contributed by atoms with van der Waals surface area (Å²) in [6.07, 6.45) is 2.26. The molecule has 22 heavy (non-hydrogen) atoms. The summed E-state index contributed by atoms with van der Waals surface area (Å²) in [5, 5.41) is 0. The largest absolute Gasteiger partial charge is 0.326 e. The number of piperidine rings is 1. The molecule has 8 heteroatoms. The summed E-state index contributed by atoms with van der Waals surface area (Å²) in [7, 11) is -4.01. The molecule has 2 unspecified atom stereocenters. The van der Waals surface area contributed by atoms with Crippen LogP contribution in [0.15, 0.2) is 17.0 Å². The Hall–Kier alpha value is -0.760. The van der Waals surface area contributed by atoms with Gasteiger partial charge in [0.05, 0.1) is 0 Å². The smallest absolute Gasteiger partial charge is 0.246 e. The lowest BCUT2D eigenvalue weighted by Gasteiger charge is -2.37. The first-order chi connectivity index (χ1) is 9.75. The Bertz CT molecular complexity index is 638. The number of sulfonamides is 1. The van der Waals surface area contributed by atoms with E-state index < -0.39 is 26.6 Å². The number of hydrogen-bond acceptors (Lipinski definition) is 3. The first-order valence-corrected chi connectivity index (χ1v) is 8.42. The Kier molecular flexibility index (Phi) is 6.32. The highest BCUT2D eigenvalue weighted by atomic mass is 35.5. The molecule has 4 nitrogen and oxygen atoms in total. The SMILES string of the molecule is Cc1cc(S(=O)(=O)N2CCCCC2C(C)N)c(F)cc1F.Cl. The molecule has 126 valence electrons. The molecule has 0 amide bonds. The second-order valence-electron chi connectivity index (χ2n) is 5.57. The molecule has 0 bridgehead atoms. The van der Waals surface area contributed by atoms with Crippen LogP contribution in [0.25, 0.3) is 0 Å². The molecule has 2 N–H and O–H groups in total. The zero-order valence-corrected chi connectivity index (χ0v) is 14.2. The van der Waals surface area contributed by atoms with Gasteiger partial charge in [0.1, 0.15) is 16.5 Å². The van der Waals surface area contributed by atoms with E-state index >= 15 is 0 Å². The van der Waals surface area contributed by atoms with Gasteiger partial charge in [-0.3, -0.25) is 0 Å². The lowest BCUT2D eigenvalue weighted by Crippen LogP contribution is -2.51. The zero-order valence-electron chi connectivity index (χ0n) is 12.6. The third-order valence-electron chi connectivity index (χ3n) is 3.91. The van der Waals surface area contributed by atoms with E-state index in [-0.39, 0.29) is 30.1 Å². The fourth-order valence-corrected chi connectivity index (χ4v) is 4.62. The van der Waals surface area contributed by atoms with E-state index in [9.17, 15) is 17.2 Å². The molecule has 1 fully saturated rings. The van der Waals surface area contributed by atoms with Gasteiger partial charge in [-0.15, -0.1) is 12.4 Å². The van der Waals surface area contributed by atoms with Crippen molar-refractivity contribution in [2.75, 3.05) is 6.54 Å². The van der Waals surface area contributed by atoms with Crippen LogP contribution in [0.1, 0.15) is 31.7 Å². The summed E-state index contributed by atoms with van der Waals surface area (Å²) in [6.45, 7) is 3.46. The van der Waals surface area contributed by atoms with Gasteiger partial charge in [0.15, 0.2) is 0 Å². The summed E-state index contributed by atoms with van der Waals surface area (Å²) in [6, 6.07) is 0.970. The zero-order chi connectivity index (χ0) is 15.8. The van der Waals surface area contributed by atoms with Crippen molar-refractivity contribution >= 4 is 22.4 Å². The summed E-state index contributed by atoms with van der Waals surface area (Å²) in [4.78, 5) is -0.478. The van der Waals surface area contributed by atoms with Crippen molar-refractivity contribution in [3.63, 3.8) is 0 Å². The van der Waals surface area contributed by atoms with Crippen LogP contribution in [-0.4, -0.2) is 31.4 Å². The number of hydrogen-bond donors (Lipinski definition) is 1. The molecular weight excluding hydrogens is 334 g/mol. The first-order valence-electron chi connectivity index (χ1n) is 6.98. The maximum Gasteiger partial charge on any atom is 0.246 e. The molecule has 0 spiro atoms. The van der Waals surface area contributed by atoms with Crippen molar-refractivity contribution in [1.29, 1.82) is 0 Å². The molecule has 0 saturated carbocycles. The van der Waals surface area contributed by atoms with Gasteiger partial charge < -0.3 is 5.73 Å². The topological polar surface area (TPSA) is 63.4 Å². The first kappa shape index (κ1) is 19.3. The Morgan fingerprint density at radius 2 is 1.91 bits per heavy atom. The van der Waals surface area contributed by atoms with Crippen LogP contribution in [0.5, 0.6) is 0 Å². The van der Waals surface area contributed by atoms with Crippen LogP contribution in [-0.2, 0) is 10.0 Å². The fourth-order valence-electron chi connectivity index (χ4n) is 2.71. The molecule has 1 aromatic carbocycles. The van der Waals surface area contributed by atoms with Crippen LogP contribution in [0.2, 0.25) is 0 Å². The van der Waals surface area contributed by atoms with E-state index in [2.05, 4.69) is 0 Å². The van der Waals surface area contributed by atoms with Gasteiger partial charge in [0.2, 0.25) is 10.0 Å². The number of benzene rings is 1. The molecule has 1 heterocycles. The standard InChI is InChI=1S/C14H20F2N2O2S.ClH/c1-9-7-14(12(16)8-11(9)15)21(19,20)18-6-4-3-5-13(18)10(2)17;/h7-8,10,13H,3-6,17H2,1-2H3;1H. The number of halogens is 3. The second-order valence-corrected chi connectivity index (χ2v) is 7.43. The summed E-state index contributed by atoms with van der Waals surface area (Å²) < 4.78 is 53.9.